The average molecular weight is 282 g/mol. The number of carbonyl (C=O) groups is 2. The second kappa shape index (κ2) is 6.84. The van der Waals surface area contributed by atoms with Crippen molar-refractivity contribution < 1.29 is 14.3 Å². The first-order valence-corrected chi connectivity index (χ1v) is 7.07. The highest BCUT2D eigenvalue weighted by Crippen LogP contribution is 2.28. The lowest BCUT2D eigenvalue weighted by Gasteiger charge is -2.12. The molecule has 0 unspecified atom stereocenters. The van der Waals surface area contributed by atoms with E-state index in [1.807, 2.05) is 37.3 Å². The summed E-state index contributed by atoms with van der Waals surface area (Å²) in [5, 5.41) is 0. The topological polar surface area (TPSA) is 43.4 Å². The predicted octanol–water partition coefficient (Wildman–Crippen LogP) is 4.12. The summed E-state index contributed by atoms with van der Waals surface area (Å²) in [4.78, 5) is 24.2. The van der Waals surface area contributed by atoms with Crippen LogP contribution < -0.4 is 0 Å². The number of rotatable bonds is 5. The zero-order valence-corrected chi connectivity index (χ0v) is 12.3. The van der Waals surface area contributed by atoms with Crippen LogP contribution in [0.3, 0.4) is 0 Å². The van der Waals surface area contributed by atoms with Gasteiger partial charge in [-0.2, -0.15) is 0 Å². The van der Waals surface area contributed by atoms with Crippen LogP contribution in [0.4, 0.5) is 0 Å². The van der Waals surface area contributed by atoms with Gasteiger partial charge in [-0.3, -0.25) is 4.79 Å². The van der Waals surface area contributed by atoms with Gasteiger partial charge < -0.3 is 4.74 Å². The van der Waals surface area contributed by atoms with Crippen LogP contribution in [-0.4, -0.2) is 18.4 Å². The molecular formula is C18H18O3. The second-order valence-electron chi connectivity index (χ2n) is 4.59. The van der Waals surface area contributed by atoms with E-state index in [1.54, 1.807) is 25.1 Å². The number of carbonyl (C=O) groups excluding carboxylic acids is 2. The molecule has 0 radical (unpaired) electrons. The van der Waals surface area contributed by atoms with Crippen molar-refractivity contribution in [3.8, 4) is 11.1 Å². The number of ketones is 1. The number of hydrogen-bond acceptors (Lipinski definition) is 3. The molecular weight excluding hydrogens is 264 g/mol. The number of benzene rings is 2. The molecule has 2 rings (SSSR count). The van der Waals surface area contributed by atoms with E-state index in [-0.39, 0.29) is 11.8 Å². The fourth-order valence-electron chi connectivity index (χ4n) is 2.26. The summed E-state index contributed by atoms with van der Waals surface area (Å²) in [5.74, 6) is -0.309. The number of hydrogen-bond donors (Lipinski definition) is 0. The van der Waals surface area contributed by atoms with E-state index in [4.69, 9.17) is 4.74 Å². The fourth-order valence-corrected chi connectivity index (χ4v) is 2.26. The molecule has 0 heterocycles. The van der Waals surface area contributed by atoms with Crippen molar-refractivity contribution in [2.45, 2.75) is 20.3 Å². The van der Waals surface area contributed by atoms with Crippen LogP contribution >= 0.6 is 0 Å². The van der Waals surface area contributed by atoms with E-state index in [0.29, 0.717) is 24.2 Å². The maximum absolute atomic E-state index is 12.1. The average Bonchev–Trinajstić information content (AvgIpc) is 2.54. The molecule has 3 heteroatoms. The van der Waals surface area contributed by atoms with Crippen molar-refractivity contribution in [3.05, 3.63) is 59.7 Å². The van der Waals surface area contributed by atoms with Crippen molar-refractivity contribution in [3.63, 3.8) is 0 Å². The molecule has 0 aliphatic heterocycles. The van der Waals surface area contributed by atoms with E-state index in [0.717, 1.165) is 11.1 Å². The molecule has 0 aromatic heterocycles. The first kappa shape index (κ1) is 15.0. The van der Waals surface area contributed by atoms with Crippen molar-refractivity contribution >= 4 is 11.8 Å². The van der Waals surface area contributed by atoms with Gasteiger partial charge in [-0.05, 0) is 24.1 Å². The molecule has 0 aliphatic rings. The molecule has 21 heavy (non-hydrogen) atoms. The third-order valence-corrected chi connectivity index (χ3v) is 3.26. The Hall–Kier alpha value is -2.42. The summed E-state index contributed by atoms with van der Waals surface area (Å²) in [6, 6.07) is 14.6. The van der Waals surface area contributed by atoms with Gasteiger partial charge in [0.1, 0.15) is 0 Å². The van der Waals surface area contributed by atoms with Crippen LogP contribution in [0.15, 0.2) is 48.5 Å². The molecule has 0 amide bonds. The van der Waals surface area contributed by atoms with E-state index < -0.39 is 0 Å². The summed E-state index contributed by atoms with van der Waals surface area (Å²) < 4.78 is 5.09. The highest BCUT2D eigenvalue weighted by Gasteiger charge is 2.17. The fraction of sp³-hybridized carbons (Fsp3) is 0.222. The van der Waals surface area contributed by atoms with Crippen LogP contribution in [0.2, 0.25) is 0 Å². The zero-order valence-electron chi connectivity index (χ0n) is 12.3. The Labute approximate surface area is 124 Å². The van der Waals surface area contributed by atoms with Crippen LogP contribution in [0.5, 0.6) is 0 Å². The van der Waals surface area contributed by atoms with Gasteiger partial charge in [-0.25, -0.2) is 4.79 Å². The molecule has 0 saturated carbocycles. The molecule has 0 spiro atoms. The highest BCUT2D eigenvalue weighted by atomic mass is 16.5. The van der Waals surface area contributed by atoms with Crippen LogP contribution in [0, 0.1) is 0 Å². The van der Waals surface area contributed by atoms with Gasteiger partial charge in [0.15, 0.2) is 5.78 Å². The first-order valence-electron chi connectivity index (χ1n) is 7.07. The summed E-state index contributed by atoms with van der Waals surface area (Å²) in [6.07, 6.45) is 0.429. The van der Waals surface area contributed by atoms with Gasteiger partial charge >= 0.3 is 5.97 Å². The van der Waals surface area contributed by atoms with Crippen LogP contribution in [0.25, 0.3) is 11.1 Å². The highest BCUT2D eigenvalue weighted by molar-refractivity contribution is 6.05. The summed E-state index contributed by atoms with van der Waals surface area (Å²) in [7, 11) is 0. The molecule has 0 atom stereocenters. The van der Waals surface area contributed by atoms with Crippen molar-refractivity contribution in [2.75, 3.05) is 6.61 Å². The predicted molar refractivity (Wildman–Crippen MR) is 82.5 cm³/mol. The molecule has 0 fully saturated rings. The Balaban J connectivity index is 2.58. The van der Waals surface area contributed by atoms with Gasteiger partial charge in [0.25, 0.3) is 0 Å². The van der Waals surface area contributed by atoms with E-state index in [9.17, 15) is 9.59 Å². The van der Waals surface area contributed by atoms with E-state index in [1.165, 1.54) is 0 Å². The molecule has 3 nitrogen and oxygen atoms in total. The minimum absolute atomic E-state index is 0.0595. The summed E-state index contributed by atoms with van der Waals surface area (Å²) in [5.41, 5.74) is 2.62. The largest absolute Gasteiger partial charge is 0.462 e. The lowest BCUT2D eigenvalue weighted by Crippen LogP contribution is -2.08. The summed E-state index contributed by atoms with van der Waals surface area (Å²) in [6.45, 7) is 3.92. The smallest absolute Gasteiger partial charge is 0.338 e. The standard InChI is InChI=1S/C18H18O3/c1-3-17(19)15-11-7-5-9-13(15)14-10-6-8-12-16(14)18(20)21-4-2/h5-12H,3-4H2,1-2H3. The number of esters is 1. The molecule has 2 aromatic rings. The Morgan fingerprint density at radius 2 is 1.38 bits per heavy atom. The van der Waals surface area contributed by atoms with Crippen molar-refractivity contribution in [1.29, 1.82) is 0 Å². The Bertz CT molecular complexity index is 659. The molecule has 0 saturated heterocycles. The van der Waals surface area contributed by atoms with Crippen molar-refractivity contribution in [2.24, 2.45) is 0 Å². The molecule has 2 aromatic carbocycles. The zero-order chi connectivity index (χ0) is 15.2. The third-order valence-electron chi connectivity index (χ3n) is 3.26. The van der Waals surface area contributed by atoms with Crippen molar-refractivity contribution in [1.82, 2.24) is 0 Å². The minimum atomic E-state index is -0.369. The first-order chi connectivity index (χ1) is 10.2. The van der Waals surface area contributed by atoms with Gasteiger partial charge in [-0.15, -0.1) is 0 Å². The van der Waals surface area contributed by atoms with Crippen LogP contribution in [0.1, 0.15) is 41.0 Å². The van der Waals surface area contributed by atoms with Gasteiger partial charge in [-0.1, -0.05) is 49.4 Å². The number of ether oxygens (including phenoxy) is 1. The number of Topliss-reactive ketones (excluding diaryl/α,β-unsaturated/α-hetero) is 1. The normalized spacial score (nSPS) is 10.2. The Kier molecular flexibility index (Phi) is 4.88. The monoisotopic (exact) mass is 282 g/mol. The van der Waals surface area contributed by atoms with Gasteiger partial charge in [0, 0.05) is 12.0 Å². The molecule has 0 bridgehead atoms. The van der Waals surface area contributed by atoms with Crippen LogP contribution in [-0.2, 0) is 4.74 Å². The summed E-state index contributed by atoms with van der Waals surface area (Å²) >= 11 is 0. The second-order valence-corrected chi connectivity index (χ2v) is 4.59. The van der Waals surface area contributed by atoms with E-state index >= 15 is 0 Å². The lowest BCUT2D eigenvalue weighted by atomic mass is 9.93. The third kappa shape index (κ3) is 3.19. The van der Waals surface area contributed by atoms with Gasteiger partial charge in [0.05, 0.1) is 12.2 Å². The molecule has 108 valence electrons. The quantitative estimate of drug-likeness (QED) is 0.612. The SMILES string of the molecule is CCOC(=O)c1ccccc1-c1ccccc1C(=O)CC. The lowest BCUT2D eigenvalue weighted by molar-refractivity contribution is 0.0527. The minimum Gasteiger partial charge on any atom is -0.462 e. The maximum Gasteiger partial charge on any atom is 0.338 e. The molecule has 0 aliphatic carbocycles. The maximum atomic E-state index is 12.1. The van der Waals surface area contributed by atoms with E-state index in [2.05, 4.69) is 0 Å². The van der Waals surface area contributed by atoms with Gasteiger partial charge in [0.2, 0.25) is 0 Å². The Morgan fingerprint density at radius 1 is 0.857 bits per heavy atom. The molecule has 0 N–H and O–H groups in total. The Morgan fingerprint density at radius 3 is 1.95 bits per heavy atom.